The van der Waals surface area contributed by atoms with Crippen molar-refractivity contribution in [3.8, 4) is 11.3 Å². The molecule has 4 rings (SSSR count). The van der Waals surface area contributed by atoms with Crippen molar-refractivity contribution in [3.05, 3.63) is 41.3 Å². The Hall–Kier alpha value is -2.37. The minimum Gasteiger partial charge on any atom is -0.356 e. The van der Waals surface area contributed by atoms with E-state index in [0.717, 1.165) is 25.6 Å². The third-order valence-corrected chi connectivity index (χ3v) is 6.04. The van der Waals surface area contributed by atoms with Crippen LogP contribution in [0.25, 0.3) is 16.9 Å². The Morgan fingerprint density at radius 3 is 2.87 bits per heavy atom. The zero-order valence-electron chi connectivity index (χ0n) is 16.7. The molecule has 1 aliphatic heterocycles. The Labute approximate surface area is 183 Å². The number of hydrogen-bond donors (Lipinski definition) is 1. The molecule has 0 aromatic carbocycles. The van der Waals surface area contributed by atoms with Gasteiger partial charge >= 0.3 is 0 Å². The molecule has 31 heavy (non-hydrogen) atoms. The van der Waals surface area contributed by atoms with Crippen LogP contribution in [0.3, 0.4) is 0 Å². The fourth-order valence-corrected chi connectivity index (χ4v) is 4.45. The number of sulfonamides is 1. The number of aromatic nitrogens is 4. The zero-order valence-corrected chi connectivity index (χ0v) is 18.2. The molecule has 1 unspecified atom stereocenters. The first-order valence-corrected chi connectivity index (χ1v) is 12.0. The number of alkyl halides is 2. The van der Waals surface area contributed by atoms with E-state index in [1.54, 1.807) is 12.3 Å². The lowest BCUT2D eigenvalue weighted by Crippen LogP contribution is -2.41. The Bertz CT molecular complexity index is 1200. The van der Waals surface area contributed by atoms with Crippen LogP contribution >= 0.6 is 11.6 Å². The van der Waals surface area contributed by atoms with E-state index < -0.39 is 16.4 Å². The molecule has 1 fully saturated rings. The summed E-state index contributed by atoms with van der Waals surface area (Å²) in [5.74, 6) is 0.769. The monoisotopic (exact) mass is 470 g/mol. The number of nitrogens with one attached hydrogen (secondary N) is 1. The highest BCUT2D eigenvalue weighted by molar-refractivity contribution is 7.88. The van der Waals surface area contributed by atoms with Crippen molar-refractivity contribution in [1.82, 2.24) is 24.3 Å². The van der Waals surface area contributed by atoms with Gasteiger partial charge in [-0.3, -0.25) is 0 Å². The number of fused-ring (bicyclic) bond motifs is 1. The highest BCUT2D eigenvalue weighted by Crippen LogP contribution is 2.30. The van der Waals surface area contributed by atoms with Gasteiger partial charge in [0.05, 0.1) is 18.1 Å². The largest absolute Gasteiger partial charge is 0.356 e. The third kappa shape index (κ3) is 5.10. The third-order valence-electron chi connectivity index (χ3n) is 5.16. The number of rotatable bonds is 6. The van der Waals surface area contributed by atoms with E-state index in [4.69, 9.17) is 11.6 Å². The highest BCUT2D eigenvalue weighted by atomic mass is 35.5. The summed E-state index contributed by atoms with van der Waals surface area (Å²) in [7, 11) is -3.25. The second kappa shape index (κ2) is 8.64. The van der Waals surface area contributed by atoms with E-state index >= 15 is 0 Å². The van der Waals surface area contributed by atoms with Crippen LogP contribution in [-0.2, 0) is 10.0 Å². The quantitative estimate of drug-likeness (QED) is 0.556. The lowest BCUT2D eigenvalue weighted by Gasteiger charge is -2.33. The summed E-state index contributed by atoms with van der Waals surface area (Å²) in [5, 5.41) is 4.26. The summed E-state index contributed by atoms with van der Waals surface area (Å²) in [6.45, 7) is 1.73. The predicted octanol–water partition coefficient (Wildman–Crippen LogP) is 3.15. The van der Waals surface area contributed by atoms with Crippen LogP contribution in [0.2, 0.25) is 5.15 Å². The van der Waals surface area contributed by atoms with Gasteiger partial charge in [0, 0.05) is 25.2 Å². The molecule has 0 bridgehead atoms. The minimum atomic E-state index is -3.25. The van der Waals surface area contributed by atoms with Gasteiger partial charge in [-0.2, -0.15) is 5.10 Å². The highest BCUT2D eigenvalue weighted by Gasteiger charge is 2.23. The number of nitrogens with zero attached hydrogens (tertiary/aromatic N) is 5. The minimum absolute atomic E-state index is 0.138. The molecule has 0 spiro atoms. The van der Waals surface area contributed by atoms with Crippen LogP contribution < -0.4 is 9.62 Å². The maximum Gasteiger partial charge on any atom is 0.282 e. The Balaban J connectivity index is 1.63. The standard InChI is InChI=1S/C19H21ClF2N6O2S/c1-31(29,30)24-9-12-3-2-6-27(11-12)18-8-13(7-16(20)25-18)15-10-23-17-5-4-14(19(21)22)26-28(15)17/h4-5,7-8,10,12,19,24H,2-3,6,9,11H2,1H3. The van der Waals surface area contributed by atoms with Gasteiger partial charge in [0.2, 0.25) is 10.0 Å². The Morgan fingerprint density at radius 1 is 1.32 bits per heavy atom. The van der Waals surface area contributed by atoms with E-state index in [0.29, 0.717) is 35.8 Å². The molecule has 12 heteroatoms. The first-order valence-electron chi connectivity index (χ1n) is 9.70. The molecule has 1 atom stereocenters. The van der Waals surface area contributed by atoms with Gasteiger partial charge in [0.15, 0.2) is 5.65 Å². The molecule has 4 heterocycles. The molecular weight excluding hydrogens is 450 g/mol. The summed E-state index contributed by atoms with van der Waals surface area (Å²) in [5.41, 5.74) is 1.27. The molecule has 1 saturated heterocycles. The Morgan fingerprint density at radius 2 is 2.13 bits per heavy atom. The van der Waals surface area contributed by atoms with Crippen molar-refractivity contribution in [2.75, 3.05) is 30.8 Å². The van der Waals surface area contributed by atoms with Gasteiger partial charge in [-0.1, -0.05) is 11.6 Å². The van der Waals surface area contributed by atoms with Crippen molar-refractivity contribution < 1.29 is 17.2 Å². The molecule has 0 amide bonds. The molecule has 0 radical (unpaired) electrons. The fourth-order valence-electron chi connectivity index (χ4n) is 3.70. The van der Waals surface area contributed by atoms with Crippen molar-refractivity contribution in [2.24, 2.45) is 5.92 Å². The van der Waals surface area contributed by atoms with Crippen molar-refractivity contribution in [2.45, 2.75) is 19.3 Å². The van der Waals surface area contributed by atoms with Gasteiger partial charge in [0.25, 0.3) is 6.43 Å². The van der Waals surface area contributed by atoms with Crippen LogP contribution in [0.5, 0.6) is 0 Å². The van der Waals surface area contributed by atoms with Crippen molar-refractivity contribution >= 4 is 33.1 Å². The first kappa shape index (κ1) is 21.8. The number of anilines is 1. The maximum atomic E-state index is 13.1. The topological polar surface area (TPSA) is 92.5 Å². The molecule has 0 aliphatic carbocycles. The van der Waals surface area contributed by atoms with Crippen molar-refractivity contribution in [1.29, 1.82) is 0 Å². The first-order chi connectivity index (χ1) is 14.7. The molecule has 3 aromatic heterocycles. The Kier molecular flexibility index (Phi) is 6.09. The summed E-state index contributed by atoms with van der Waals surface area (Å²) in [4.78, 5) is 10.7. The van der Waals surface area contributed by atoms with Gasteiger partial charge in [-0.05, 0) is 43.0 Å². The van der Waals surface area contributed by atoms with E-state index in [1.165, 1.54) is 16.6 Å². The van der Waals surface area contributed by atoms with E-state index in [9.17, 15) is 17.2 Å². The smallest absolute Gasteiger partial charge is 0.282 e. The van der Waals surface area contributed by atoms with Crippen LogP contribution in [-0.4, -0.2) is 53.9 Å². The van der Waals surface area contributed by atoms with Gasteiger partial charge < -0.3 is 4.90 Å². The maximum absolute atomic E-state index is 13.1. The second-order valence-corrected chi connectivity index (χ2v) is 9.80. The molecule has 8 nitrogen and oxygen atoms in total. The number of halogens is 3. The van der Waals surface area contributed by atoms with Crippen LogP contribution in [0.15, 0.2) is 30.5 Å². The van der Waals surface area contributed by atoms with Crippen LogP contribution in [0.4, 0.5) is 14.6 Å². The van der Waals surface area contributed by atoms with E-state index in [2.05, 4.69) is 24.7 Å². The fraction of sp³-hybridized carbons (Fsp3) is 0.421. The van der Waals surface area contributed by atoms with Gasteiger partial charge in [0.1, 0.15) is 16.7 Å². The van der Waals surface area contributed by atoms with E-state index in [1.807, 2.05) is 6.07 Å². The summed E-state index contributed by atoms with van der Waals surface area (Å²) in [6, 6.07) is 6.20. The van der Waals surface area contributed by atoms with Crippen molar-refractivity contribution in [3.63, 3.8) is 0 Å². The number of hydrogen-bond acceptors (Lipinski definition) is 6. The van der Waals surface area contributed by atoms with Crippen LogP contribution in [0, 0.1) is 5.92 Å². The molecule has 3 aromatic rings. The molecule has 166 valence electrons. The summed E-state index contributed by atoms with van der Waals surface area (Å²) in [6.07, 6.45) is 1.79. The second-order valence-electron chi connectivity index (χ2n) is 7.58. The summed E-state index contributed by atoms with van der Waals surface area (Å²) < 4.78 is 52.9. The van der Waals surface area contributed by atoms with Crippen LogP contribution in [0.1, 0.15) is 25.0 Å². The zero-order chi connectivity index (χ0) is 22.2. The molecule has 0 saturated carbocycles. The van der Waals surface area contributed by atoms with Gasteiger partial charge in [-0.15, -0.1) is 0 Å². The normalized spacial score (nSPS) is 17.6. The number of pyridine rings is 1. The molecular formula is C19H21ClF2N6O2S. The summed E-state index contributed by atoms with van der Waals surface area (Å²) >= 11 is 6.28. The number of imidazole rings is 1. The number of piperidine rings is 1. The molecule has 1 aliphatic rings. The lowest BCUT2D eigenvalue weighted by molar-refractivity contribution is 0.144. The van der Waals surface area contributed by atoms with Gasteiger partial charge in [-0.25, -0.2) is 36.4 Å². The predicted molar refractivity (Wildman–Crippen MR) is 114 cm³/mol. The average molecular weight is 471 g/mol. The SMILES string of the molecule is CS(=O)(=O)NCC1CCCN(c2cc(-c3cnc4ccc(C(F)F)nn34)cc(Cl)n2)C1. The average Bonchev–Trinajstić information content (AvgIpc) is 3.15. The molecule has 1 N–H and O–H groups in total. The van der Waals surface area contributed by atoms with E-state index in [-0.39, 0.29) is 16.8 Å². The lowest BCUT2D eigenvalue weighted by atomic mass is 9.98.